The number of rotatable bonds is 2. The molecular formula is C4H13Cl2N. The van der Waals surface area contributed by atoms with Crippen LogP contribution in [0.1, 0.15) is 19.8 Å². The van der Waals surface area contributed by atoms with Crippen LogP contribution in [-0.2, 0) is 0 Å². The molecule has 0 bridgehead atoms. The average molecular weight is 146 g/mol. The zero-order chi connectivity index (χ0) is 4.12. The first-order valence-electron chi connectivity index (χ1n) is 2.12. The van der Waals surface area contributed by atoms with Gasteiger partial charge in [0.1, 0.15) is 0 Å². The number of unbranched alkanes of at least 4 members (excludes halogenated alkanes) is 1. The Morgan fingerprint density at radius 1 is 1.29 bits per heavy atom. The van der Waals surface area contributed by atoms with E-state index in [1.54, 1.807) is 0 Å². The van der Waals surface area contributed by atoms with Gasteiger partial charge in [-0.2, -0.15) is 0 Å². The SMILES string of the molecule is CCCCN.Cl.Cl. The largest absolute Gasteiger partial charge is 0.330 e. The monoisotopic (exact) mass is 145 g/mol. The Labute approximate surface area is 57.5 Å². The van der Waals surface area contributed by atoms with Crippen molar-refractivity contribution in [2.75, 3.05) is 6.54 Å². The third-order valence-corrected chi connectivity index (χ3v) is 0.558. The number of nitrogens with two attached hydrogens (primary N) is 1. The minimum absolute atomic E-state index is 0. The maximum absolute atomic E-state index is 5.14. The van der Waals surface area contributed by atoms with E-state index in [4.69, 9.17) is 5.73 Å². The Bertz CT molecular complexity index is 17.2. The van der Waals surface area contributed by atoms with Crippen molar-refractivity contribution in [3.05, 3.63) is 0 Å². The summed E-state index contributed by atoms with van der Waals surface area (Å²) >= 11 is 0. The molecule has 0 saturated carbocycles. The van der Waals surface area contributed by atoms with E-state index >= 15 is 0 Å². The van der Waals surface area contributed by atoms with Crippen LogP contribution in [0.2, 0.25) is 0 Å². The molecule has 0 atom stereocenters. The van der Waals surface area contributed by atoms with Gasteiger partial charge in [-0.25, -0.2) is 0 Å². The van der Waals surface area contributed by atoms with Crippen molar-refractivity contribution >= 4 is 24.8 Å². The molecule has 0 aliphatic heterocycles. The van der Waals surface area contributed by atoms with Crippen molar-refractivity contribution in [3.63, 3.8) is 0 Å². The molecule has 3 heteroatoms. The Morgan fingerprint density at radius 3 is 1.71 bits per heavy atom. The summed E-state index contributed by atoms with van der Waals surface area (Å²) in [5.41, 5.74) is 5.14. The molecule has 0 amide bonds. The zero-order valence-electron chi connectivity index (χ0n) is 4.52. The lowest BCUT2D eigenvalue weighted by Crippen LogP contribution is -1.95. The van der Waals surface area contributed by atoms with Crippen LogP contribution in [0, 0.1) is 0 Å². The fraction of sp³-hybridized carbons (Fsp3) is 1.00. The average Bonchev–Trinajstić information content (AvgIpc) is 1.41. The van der Waals surface area contributed by atoms with Crippen molar-refractivity contribution in [2.24, 2.45) is 5.73 Å². The molecule has 0 aromatic heterocycles. The van der Waals surface area contributed by atoms with Crippen LogP contribution in [0.5, 0.6) is 0 Å². The highest BCUT2D eigenvalue weighted by molar-refractivity contribution is 5.85. The van der Waals surface area contributed by atoms with Crippen LogP contribution in [0.15, 0.2) is 0 Å². The number of halogens is 2. The predicted molar refractivity (Wildman–Crippen MR) is 38.5 cm³/mol. The molecule has 0 spiro atoms. The second-order valence-electron chi connectivity index (χ2n) is 1.14. The molecular weight excluding hydrogens is 133 g/mol. The molecule has 0 radical (unpaired) electrons. The molecule has 0 fully saturated rings. The molecule has 48 valence electrons. The Hall–Kier alpha value is 0.540. The van der Waals surface area contributed by atoms with Crippen molar-refractivity contribution in [2.45, 2.75) is 19.8 Å². The van der Waals surface area contributed by atoms with Crippen LogP contribution in [0.25, 0.3) is 0 Å². The van der Waals surface area contributed by atoms with Crippen LogP contribution in [-0.4, -0.2) is 6.54 Å². The van der Waals surface area contributed by atoms with E-state index < -0.39 is 0 Å². The highest BCUT2D eigenvalue weighted by Crippen LogP contribution is 1.77. The lowest BCUT2D eigenvalue weighted by Gasteiger charge is -1.80. The van der Waals surface area contributed by atoms with Gasteiger partial charge in [0, 0.05) is 0 Å². The molecule has 0 aromatic rings. The van der Waals surface area contributed by atoms with E-state index in [1.165, 1.54) is 12.8 Å². The van der Waals surface area contributed by atoms with Gasteiger partial charge < -0.3 is 5.73 Å². The van der Waals surface area contributed by atoms with Gasteiger partial charge in [0.05, 0.1) is 0 Å². The molecule has 1 nitrogen and oxygen atoms in total. The standard InChI is InChI=1S/C4H11N.2ClH/c1-2-3-4-5;;/h2-5H2,1H3;2*1H. The minimum atomic E-state index is 0. The van der Waals surface area contributed by atoms with Gasteiger partial charge in [0.25, 0.3) is 0 Å². The maximum Gasteiger partial charge on any atom is -0.00774 e. The summed E-state index contributed by atoms with van der Waals surface area (Å²) in [6.07, 6.45) is 2.39. The summed E-state index contributed by atoms with van der Waals surface area (Å²) in [5, 5.41) is 0. The number of hydrogen-bond donors (Lipinski definition) is 1. The van der Waals surface area contributed by atoms with E-state index in [0.717, 1.165) is 6.54 Å². The maximum atomic E-state index is 5.14. The van der Waals surface area contributed by atoms with Gasteiger partial charge >= 0.3 is 0 Å². The quantitative estimate of drug-likeness (QED) is 0.628. The van der Waals surface area contributed by atoms with E-state index in [9.17, 15) is 0 Å². The highest BCUT2D eigenvalue weighted by atomic mass is 35.5. The topological polar surface area (TPSA) is 26.0 Å². The summed E-state index contributed by atoms with van der Waals surface area (Å²) in [5.74, 6) is 0. The highest BCUT2D eigenvalue weighted by Gasteiger charge is 1.67. The lowest BCUT2D eigenvalue weighted by molar-refractivity contribution is 0.807. The van der Waals surface area contributed by atoms with E-state index in [1.807, 2.05) is 0 Å². The summed E-state index contributed by atoms with van der Waals surface area (Å²) in [6, 6.07) is 0. The fourth-order valence-electron chi connectivity index (χ4n) is 0.204. The zero-order valence-corrected chi connectivity index (χ0v) is 6.15. The van der Waals surface area contributed by atoms with Crippen LogP contribution < -0.4 is 5.73 Å². The van der Waals surface area contributed by atoms with Gasteiger partial charge in [0.15, 0.2) is 0 Å². The Kier molecular flexibility index (Phi) is 35.8. The van der Waals surface area contributed by atoms with Gasteiger partial charge in [-0.3, -0.25) is 0 Å². The molecule has 0 aliphatic rings. The van der Waals surface area contributed by atoms with Crippen LogP contribution in [0.3, 0.4) is 0 Å². The predicted octanol–water partition coefficient (Wildman–Crippen LogP) is 1.59. The molecule has 0 aromatic carbocycles. The second kappa shape index (κ2) is 16.0. The second-order valence-corrected chi connectivity index (χ2v) is 1.14. The van der Waals surface area contributed by atoms with E-state index in [0.29, 0.717) is 0 Å². The normalized spacial score (nSPS) is 6.00. The third kappa shape index (κ3) is 20.9. The molecule has 0 saturated heterocycles. The van der Waals surface area contributed by atoms with Gasteiger partial charge in [0.2, 0.25) is 0 Å². The summed E-state index contributed by atoms with van der Waals surface area (Å²) in [4.78, 5) is 0. The Balaban J connectivity index is -0.0000000800. The molecule has 7 heavy (non-hydrogen) atoms. The van der Waals surface area contributed by atoms with Gasteiger partial charge in [-0.15, -0.1) is 24.8 Å². The first kappa shape index (κ1) is 15.6. The summed E-state index contributed by atoms with van der Waals surface area (Å²) < 4.78 is 0. The minimum Gasteiger partial charge on any atom is -0.330 e. The van der Waals surface area contributed by atoms with E-state index in [-0.39, 0.29) is 24.8 Å². The Morgan fingerprint density at radius 2 is 1.71 bits per heavy atom. The molecule has 2 N–H and O–H groups in total. The van der Waals surface area contributed by atoms with E-state index in [2.05, 4.69) is 6.92 Å². The summed E-state index contributed by atoms with van der Waals surface area (Å²) in [6.45, 7) is 2.98. The van der Waals surface area contributed by atoms with Gasteiger partial charge in [-0.05, 0) is 13.0 Å². The smallest absolute Gasteiger partial charge is 0.00774 e. The van der Waals surface area contributed by atoms with Crippen LogP contribution >= 0.6 is 24.8 Å². The molecule has 0 aliphatic carbocycles. The van der Waals surface area contributed by atoms with Crippen molar-refractivity contribution in [1.82, 2.24) is 0 Å². The summed E-state index contributed by atoms with van der Waals surface area (Å²) in [7, 11) is 0. The number of hydrogen-bond acceptors (Lipinski definition) is 1. The van der Waals surface area contributed by atoms with Crippen molar-refractivity contribution < 1.29 is 0 Å². The first-order valence-corrected chi connectivity index (χ1v) is 2.12. The van der Waals surface area contributed by atoms with Crippen LogP contribution in [0.4, 0.5) is 0 Å². The van der Waals surface area contributed by atoms with Gasteiger partial charge in [-0.1, -0.05) is 13.3 Å². The molecule has 0 heterocycles. The third-order valence-electron chi connectivity index (χ3n) is 0.558. The van der Waals surface area contributed by atoms with Crippen molar-refractivity contribution in [3.8, 4) is 0 Å². The first-order chi connectivity index (χ1) is 2.41. The molecule has 0 unspecified atom stereocenters. The molecule has 0 rings (SSSR count). The lowest BCUT2D eigenvalue weighted by atomic mass is 10.3. The van der Waals surface area contributed by atoms with Crippen molar-refractivity contribution in [1.29, 1.82) is 0 Å². The fourth-order valence-corrected chi connectivity index (χ4v) is 0.204.